The van der Waals surface area contributed by atoms with Crippen LogP contribution in [0.4, 0.5) is 4.79 Å². The van der Waals surface area contributed by atoms with Crippen LogP contribution in [0.5, 0.6) is 0 Å². The predicted octanol–water partition coefficient (Wildman–Crippen LogP) is 3.69. The van der Waals surface area contributed by atoms with Crippen LogP contribution in [-0.2, 0) is 13.0 Å². The Bertz CT molecular complexity index is 579. The summed E-state index contributed by atoms with van der Waals surface area (Å²) in [5.74, 6) is 0. The lowest BCUT2D eigenvalue weighted by Gasteiger charge is -2.08. The average Bonchev–Trinajstić information content (AvgIpc) is 2.49. The van der Waals surface area contributed by atoms with E-state index in [1.54, 1.807) is 0 Å². The molecule has 3 nitrogen and oxygen atoms in total. The summed E-state index contributed by atoms with van der Waals surface area (Å²) in [5, 5.41) is 6.41. The molecule has 2 amide bonds. The van der Waals surface area contributed by atoms with Gasteiger partial charge in [0.25, 0.3) is 0 Å². The van der Waals surface area contributed by atoms with Crippen LogP contribution in [0, 0.1) is 6.92 Å². The molecule has 0 heterocycles. The summed E-state index contributed by atoms with van der Waals surface area (Å²) in [5.41, 5.74) is 3.46. The number of amides is 2. The second-order valence-electron chi connectivity index (χ2n) is 4.97. The molecule has 0 spiro atoms. The highest BCUT2D eigenvalue weighted by Crippen LogP contribution is 2.09. The number of carbonyl (C=O) groups is 1. The second-order valence-corrected chi connectivity index (χ2v) is 5.41. The minimum atomic E-state index is -0.149. The van der Waals surface area contributed by atoms with Gasteiger partial charge in [0.2, 0.25) is 0 Å². The highest BCUT2D eigenvalue weighted by atomic mass is 35.5. The minimum Gasteiger partial charge on any atom is -0.338 e. The quantitative estimate of drug-likeness (QED) is 0.869. The van der Waals surface area contributed by atoms with Gasteiger partial charge in [-0.1, -0.05) is 53.6 Å². The van der Waals surface area contributed by atoms with Gasteiger partial charge in [0, 0.05) is 18.1 Å². The van der Waals surface area contributed by atoms with Crippen molar-refractivity contribution in [3.63, 3.8) is 0 Å². The predicted molar refractivity (Wildman–Crippen MR) is 86.6 cm³/mol. The minimum absolute atomic E-state index is 0.149. The van der Waals surface area contributed by atoms with Crippen molar-refractivity contribution in [2.75, 3.05) is 6.54 Å². The van der Waals surface area contributed by atoms with Crippen LogP contribution in [0.15, 0.2) is 48.5 Å². The van der Waals surface area contributed by atoms with Gasteiger partial charge in [-0.3, -0.25) is 0 Å². The van der Waals surface area contributed by atoms with E-state index in [4.69, 9.17) is 11.6 Å². The zero-order valence-electron chi connectivity index (χ0n) is 12.0. The zero-order chi connectivity index (χ0) is 15.1. The molecule has 0 aliphatic rings. The lowest BCUT2D eigenvalue weighted by molar-refractivity contribution is 0.240. The molecular weight excluding hydrogens is 284 g/mol. The smallest absolute Gasteiger partial charge is 0.315 e. The van der Waals surface area contributed by atoms with Gasteiger partial charge in [0.05, 0.1) is 0 Å². The Balaban J connectivity index is 1.67. The number of aryl methyl sites for hydroxylation is 1. The van der Waals surface area contributed by atoms with E-state index in [2.05, 4.69) is 10.6 Å². The van der Waals surface area contributed by atoms with E-state index >= 15 is 0 Å². The van der Waals surface area contributed by atoms with Gasteiger partial charge in [-0.15, -0.1) is 0 Å². The molecule has 2 rings (SSSR count). The third kappa shape index (κ3) is 5.48. The monoisotopic (exact) mass is 302 g/mol. The number of carbonyl (C=O) groups excluding carboxylic acids is 1. The Morgan fingerprint density at radius 1 is 0.952 bits per heavy atom. The SMILES string of the molecule is Cc1ccc(CNC(=O)NCCc2ccc(Cl)cc2)cc1. The maximum atomic E-state index is 11.7. The number of halogens is 1. The first-order chi connectivity index (χ1) is 10.1. The lowest BCUT2D eigenvalue weighted by atomic mass is 10.1. The fourth-order valence-corrected chi connectivity index (χ4v) is 2.05. The fourth-order valence-electron chi connectivity index (χ4n) is 1.92. The third-order valence-electron chi connectivity index (χ3n) is 3.19. The van der Waals surface area contributed by atoms with Crippen LogP contribution in [0.1, 0.15) is 16.7 Å². The average molecular weight is 303 g/mol. The lowest BCUT2D eigenvalue weighted by Crippen LogP contribution is -2.36. The van der Waals surface area contributed by atoms with Crippen LogP contribution in [0.25, 0.3) is 0 Å². The van der Waals surface area contributed by atoms with Crippen molar-refractivity contribution in [3.05, 3.63) is 70.2 Å². The number of urea groups is 1. The molecule has 0 unspecified atom stereocenters. The number of hydrogen-bond acceptors (Lipinski definition) is 1. The topological polar surface area (TPSA) is 41.1 Å². The molecule has 0 saturated carbocycles. The summed E-state index contributed by atoms with van der Waals surface area (Å²) in [6, 6.07) is 15.6. The fraction of sp³-hybridized carbons (Fsp3) is 0.235. The molecule has 0 fully saturated rings. The number of nitrogens with one attached hydrogen (secondary N) is 2. The molecule has 110 valence electrons. The van der Waals surface area contributed by atoms with Crippen molar-refractivity contribution in [1.29, 1.82) is 0 Å². The zero-order valence-corrected chi connectivity index (χ0v) is 12.8. The Hall–Kier alpha value is -2.00. The molecule has 0 bridgehead atoms. The van der Waals surface area contributed by atoms with E-state index < -0.39 is 0 Å². The molecule has 21 heavy (non-hydrogen) atoms. The van der Waals surface area contributed by atoms with Crippen molar-refractivity contribution in [2.45, 2.75) is 19.9 Å². The Labute approximate surface area is 130 Å². The molecule has 4 heteroatoms. The van der Waals surface area contributed by atoms with E-state index in [0.29, 0.717) is 13.1 Å². The molecule has 2 aromatic rings. The van der Waals surface area contributed by atoms with Gasteiger partial charge in [-0.25, -0.2) is 4.79 Å². The molecule has 0 aromatic heterocycles. The van der Waals surface area contributed by atoms with Crippen molar-refractivity contribution in [1.82, 2.24) is 10.6 Å². The number of rotatable bonds is 5. The molecule has 0 aliphatic heterocycles. The normalized spacial score (nSPS) is 10.2. The van der Waals surface area contributed by atoms with Gasteiger partial charge in [-0.2, -0.15) is 0 Å². The van der Waals surface area contributed by atoms with Crippen LogP contribution in [-0.4, -0.2) is 12.6 Å². The first-order valence-electron chi connectivity index (χ1n) is 6.95. The summed E-state index contributed by atoms with van der Waals surface area (Å²) in [7, 11) is 0. The maximum Gasteiger partial charge on any atom is 0.315 e. The van der Waals surface area contributed by atoms with Gasteiger partial charge in [0.1, 0.15) is 0 Å². The molecule has 2 N–H and O–H groups in total. The van der Waals surface area contributed by atoms with E-state index in [-0.39, 0.29) is 6.03 Å². The number of hydrogen-bond donors (Lipinski definition) is 2. The first-order valence-corrected chi connectivity index (χ1v) is 7.33. The third-order valence-corrected chi connectivity index (χ3v) is 3.44. The van der Waals surface area contributed by atoms with Crippen LogP contribution in [0.3, 0.4) is 0 Å². The Kier molecular flexibility index (Phi) is 5.64. The van der Waals surface area contributed by atoms with Gasteiger partial charge < -0.3 is 10.6 Å². The Morgan fingerprint density at radius 3 is 2.24 bits per heavy atom. The van der Waals surface area contributed by atoms with E-state index in [0.717, 1.165) is 22.6 Å². The largest absolute Gasteiger partial charge is 0.338 e. The van der Waals surface area contributed by atoms with Gasteiger partial charge in [-0.05, 0) is 36.6 Å². The van der Waals surface area contributed by atoms with Crippen molar-refractivity contribution in [3.8, 4) is 0 Å². The molecule has 2 aromatic carbocycles. The van der Waals surface area contributed by atoms with Crippen molar-refractivity contribution >= 4 is 17.6 Å². The van der Waals surface area contributed by atoms with E-state index in [1.165, 1.54) is 5.56 Å². The molecule has 0 saturated heterocycles. The summed E-state index contributed by atoms with van der Waals surface area (Å²) in [4.78, 5) is 11.7. The van der Waals surface area contributed by atoms with Crippen molar-refractivity contribution < 1.29 is 4.79 Å². The summed E-state index contributed by atoms with van der Waals surface area (Å²) >= 11 is 5.83. The summed E-state index contributed by atoms with van der Waals surface area (Å²) < 4.78 is 0. The number of benzene rings is 2. The highest BCUT2D eigenvalue weighted by molar-refractivity contribution is 6.30. The molecular formula is C17H19ClN2O. The van der Waals surface area contributed by atoms with Gasteiger partial charge in [0.15, 0.2) is 0 Å². The first kappa shape index (κ1) is 15.4. The van der Waals surface area contributed by atoms with Crippen LogP contribution in [0.2, 0.25) is 5.02 Å². The van der Waals surface area contributed by atoms with E-state index in [9.17, 15) is 4.79 Å². The van der Waals surface area contributed by atoms with Gasteiger partial charge >= 0.3 is 6.03 Å². The highest BCUT2D eigenvalue weighted by Gasteiger charge is 2.00. The second kappa shape index (κ2) is 7.70. The standard InChI is InChI=1S/C17H19ClN2O/c1-13-2-4-15(5-3-13)12-20-17(21)19-11-10-14-6-8-16(18)9-7-14/h2-9H,10-12H2,1H3,(H2,19,20,21). The molecule has 0 atom stereocenters. The molecule has 0 radical (unpaired) electrons. The summed E-state index contributed by atoms with van der Waals surface area (Å²) in [6.45, 7) is 3.18. The molecule has 0 aliphatic carbocycles. The van der Waals surface area contributed by atoms with E-state index in [1.807, 2.05) is 55.5 Å². The van der Waals surface area contributed by atoms with Crippen molar-refractivity contribution in [2.24, 2.45) is 0 Å². The maximum absolute atomic E-state index is 11.7. The van der Waals surface area contributed by atoms with Crippen LogP contribution < -0.4 is 10.6 Å². The van der Waals surface area contributed by atoms with Crippen LogP contribution >= 0.6 is 11.6 Å². The summed E-state index contributed by atoms with van der Waals surface area (Å²) in [6.07, 6.45) is 0.787. The Morgan fingerprint density at radius 2 is 1.57 bits per heavy atom.